The van der Waals surface area contributed by atoms with E-state index in [0.717, 1.165) is 23.3 Å². The average Bonchev–Trinajstić information content (AvgIpc) is 2.65. The van der Waals surface area contributed by atoms with Crippen molar-refractivity contribution in [3.63, 3.8) is 0 Å². The minimum Gasteiger partial charge on any atom is -0.452 e. The zero-order chi connectivity index (χ0) is 9.97. The van der Waals surface area contributed by atoms with Crippen molar-refractivity contribution in [3.05, 3.63) is 34.2 Å². The molecule has 1 atom stereocenters. The van der Waals surface area contributed by atoms with Crippen LogP contribution in [0.1, 0.15) is 37.5 Å². The fraction of sp³-hybridized carbons (Fsp3) is 0.455. The van der Waals surface area contributed by atoms with Gasteiger partial charge in [0.05, 0.1) is 6.04 Å². The smallest absolute Gasteiger partial charge is 0.169 e. The van der Waals surface area contributed by atoms with E-state index in [-0.39, 0.29) is 6.04 Å². The molecule has 2 N–H and O–H groups in total. The molecule has 1 aliphatic carbocycles. The summed E-state index contributed by atoms with van der Waals surface area (Å²) in [6.45, 7) is 0. The molecule has 1 aromatic heterocycles. The van der Waals surface area contributed by atoms with Crippen LogP contribution in [-0.2, 0) is 0 Å². The first-order valence-corrected chi connectivity index (χ1v) is 5.76. The Morgan fingerprint density at radius 1 is 1.36 bits per heavy atom. The van der Waals surface area contributed by atoms with E-state index in [1.807, 2.05) is 12.1 Å². The molecule has 0 bridgehead atoms. The lowest BCUT2D eigenvalue weighted by molar-refractivity contribution is 0.459. The Morgan fingerprint density at radius 3 is 2.79 bits per heavy atom. The van der Waals surface area contributed by atoms with Crippen molar-refractivity contribution in [1.29, 1.82) is 0 Å². The van der Waals surface area contributed by atoms with Gasteiger partial charge in [0.1, 0.15) is 5.76 Å². The quantitative estimate of drug-likeness (QED) is 0.822. The van der Waals surface area contributed by atoms with Crippen molar-refractivity contribution < 1.29 is 4.42 Å². The van der Waals surface area contributed by atoms with Gasteiger partial charge in [-0.05, 0) is 59.3 Å². The van der Waals surface area contributed by atoms with Crippen molar-refractivity contribution in [1.82, 2.24) is 0 Å². The Hall–Kier alpha value is -0.540. The van der Waals surface area contributed by atoms with Gasteiger partial charge in [-0.25, -0.2) is 0 Å². The number of nitrogens with two attached hydrogens (primary N) is 1. The highest BCUT2D eigenvalue weighted by Crippen LogP contribution is 2.29. The monoisotopic (exact) mass is 255 g/mol. The molecule has 0 aromatic carbocycles. The van der Waals surface area contributed by atoms with E-state index < -0.39 is 0 Å². The third-order valence-corrected chi connectivity index (χ3v) is 3.05. The molecule has 0 saturated heterocycles. The third kappa shape index (κ3) is 2.10. The van der Waals surface area contributed by atoms with Crippen LogP contribution in [0.25, 0.3) is 0 Å². The molecule has 2 nitrogen and oxygen atoms in total. The first kappa shape index (κ1) is 9.99. The molecule has 0 fully saturated rings. The number of rotatable bonds is 2. The van der Waals surface area contributed by atoms with Crippen LogP contribution in [0.4, 0.5) is 0 Å². The predicted molar refractivity (Wildman–Crippen MR) is 59.9 cm³/mol. The van der Waals surface area contributed by atoms with Gasteiger partial charge in [0.25, 0.3) is 0 Å². The van der Waals surface area contributed by atoms with Gasteiger partial charge in [-0.2, -0.15) is 0 Å². The topological polar surface area (TPSA) is 39.2 Å². The van der Waals surface area contributed by atoms with E-state index >= 15 is 0 Å². The van der Waals surface area contributed by atoms with E-state index in [1.54, 1.807) is 0 Å². The SMILES string of the molecule is NC(C1=CCCCC1)c1ccc(Br)o1. The maximum absolute atomic E-state index is 6.10. The zero-order valence-corrected chi connectivity index (χ0v) is 9.59. The van der Waals surface area contributed by atoms with Crippen LogP contribution in [0.2, 0.25) is 0 Å². The van der Waals surface area contributed by atoms with Crippen LogP contribution in [0.3, 0.4) is 0 Å². The summed E-state index contributed by atoms with van der Waals surface area (Å²) in [7, 11) is 0. The van der Waals surface area contributed by atoms with Crippen molar-refractivity contribution in [2.75, 3.05) is 0 Å². The van der Waals surface area contributed by atoms with Crippen LogP contribution in [-0.4, -0.2) is 0 Å². The third-order valence-electron chi connectivity index (χ3n) is 2.63. The lowest BCUT2D eigenvalue weighted by Gasteiger charge is -2.17. The highest BCUT2D eigenvalue weighted by Gasteiger charge is 2.16. The number of furan rings is 1. The summed E-state index contributed by atoms with van der Waals surface area (Å²) in [5.41, 5.74) is 7.42. The van der Waals surface area contributed by atoms with E-state index in [0.29, 0.717) is 0 Å². The van der Waals surface area contributed by atoms with Crippen molar-refractivity contribution in [3.8, 4) is 0 Å². The molecule has 0 radical (unpaired) electrons. The van der Waals surface area contributed by atoms with Crippen molar-refractivity contribution >= 4 is 15.9 Å². The standard InChI is InChI=1S/C11H14BrNO/c12-10-7-6-9(14-10)11(13)8-4-2-1-3-5-8/h4,6-7,11H,1-3,5,13H2. The van der Waals surface area contributed by atoms with Gasteiger partial charge in [0.2, 0.25) is 0 Å². The number of allylic oxidation sites excluding steroid dienone is 1. The molecule has 0 spiro atoms. The summed E-state index contributed by atoms with van der Waals surface area (Å²) in [4.78, 5) is 0. The Morgan fingerprint density at radius 2 is 2.21 bits per heavy atom. The van der Waals surface area contributed by atoms with Gasteiger partial charge < -0.3 is 10.2 Å². The highest BCUT2D eigenvalue weighted by molar-refractivity contribution is 9.10. The van der Waals surface area contributed by atoms with Gasteiger partial charge in [0.15, 0.2) is 4.67 Å². The molecular weight excluding hydrogens is 242 g/mol. The molecule has 0 saturated carbocycles. The maximum Gasteiger partial charge on any atom is 0.169 e. The Balaban J connectivity index is 2.14. The van der Waals surface area contributed by atoms with Crippen molar-refractivity contribution in [2.24, 2.45) is 5.73 Å². The van der Waals surface area contributed by atoms with Crippen LogP contribution in [0, 0.1) is 0 Å². The summed E-state index contributed by atoms with van der Waals surface area (Å²) >= 11 is 3.28. The van der Waals surface area contributed by atoms with Crippen LogP contribution in [0.5, 0.6) is 0 Å². The van der Waals surface area contributed by atoms with Gasteiger partial charge in [0, 0.05) is 0 Å². The predicted octanol–water partition coefficient (Wildman–Crippen LogP) is 3.54. The van der Waals surface area contributed by atoms with Crippen LogP contribution >= 0.6 is 15.9 Å². The molecule has 1 aromatic rings. The fourth-order valence-corrected chi connectivity index (χ4v) is 2.14. The number of halogens is 1. The second-order valence-electron chi connectivity index (χ2n) is 3.64. The molecule has 1 aliphatic rings. The minimum absolute atomic E-state index is 0.0541. The molecule has 0 aliphatic heterocycles. The minimum atomic E-state index is -0.0541. The maximum atomic E-state index is 6.10. The van der Waals surface area contributed by atoms with Crippen molar-refractivity contribution in [2.45, 2.75) is 31.7 Å². The molecule has 0 amide bonds. The molecule has 76 valence electrons. The molecular formula is C11H14BrNO. The van der Waals surface area contributed by atoms with Crippen LogP contribution < -0.4 is 5.73 Å². The Kier molecular flexibility index (Phi) is 3.08. The number of hydrogen-bond acceptors (Lipinski definition) is 2. The molecule has 1 unspecified atom stereocenters. The normalized spacial score (nSPS) is 19.1. The second kappa shape index (κ2) is 4.32. The Bertz CT molecular complexity index is 343. The first-order chi connectivity index (χ1) is 6.77. The highest BCUT2D eigenvalue weighted by atomic mass is 79.9. The summed E-state index contributed by atoms with van der Waals surface area (Å²) in [6.07, 6.45) is 7.06. The summed E-state index contributed by atoms with van der Waals surface area (Å²) in [5.74, 6) is 0.852. The lowest BCUT2D eigenvalue weighted by Crippen LogP contribution is -2.14. The average molecular weight is 256 g/mol. The fourth-order valence-electron chi connectivity index (χ4n) is 1.82. The van der Waals surface area contributed by atoms with Gasteiger partial charge >= 0.3 is 0 Å². The molecule has 14 heavy (non-hydrogen) atoms. The lowest BCUT2D eigenvalue weighted by atomic mass is 9.93. The summed E-state index contributed by atoms with van der Waals surface area (Å²) in [5, 5.41) is 0. The molecule has 2 rings (SSSR count). The van der Waals surface area contributed by atoms with E-state index in [1.165, 1.54) is 18.4 Å². The Labute approximate surface area is 92.3 Å². The van der Waals surface area contributed by atoms with Crippen LogP contribution in [0.15, 0.2) is 32.9 Å². The van der Waals surface area contributed by atoms with E-state index in [4.69, 9.17) is 10.2 Å². The number of hydrogen-bond donors (Lipinski definition) is 1. The van der Waals surface area contributed by atoms with Gasteiger partial charge in [-0.3, -0.25) is 0 Å². The molecule has 1 heterocycles. The van der Waals surface area contributed by atoms with E-state index in [2.05, 4.69) is 22.0 Å². The van der Waals surface area contributed by atoms with Gasteiger partial charge in [-0.15, -0.1) is 0 Å². The summed E-state index contributed by atoms with van der Waals surface area (Å²) in [6, 6.07) is 3.77. The van der Waals surface area contributed by atoms with Gasteiger partial charge in [-0.1, -0.05) is 6.08 Å². The zero-order valence-electron chi connectivity index (χ0n) is 8.00. The molecule has 3 heteroatoms. The second-order valence-corrected chi connectivity index (χ2v) is 4.43. The van der Waals surface area contributed by atoms with E-state index in [9.17, 15) is 0 Å². The first-order valence-electron chi connectivity index (χ1n) is 4.97. The summed E-state index contributed by atoms with van der Waals surface area (Å²) < 4.78 is 6.20. The largest absolute Gasteiger partial charge is 0.452 e.